The molecule has 0 radical (unpaired) electrons. The van der Waals surface area contributed by atoms with Gasteiger partial charge in [-0.15, -0.1) is 0 Å². The van der Waals surface area contributed by atoms with Crippen LogP contribution in [0.1, 0.15) is 46.7 Å². The average molecular weight is 601 g/mol. The molecule has 6 nitrogen and oxygen atoms in total. The van der Waals surface area contributed by atoms with Gasteiger partial charge in [0.05, 0.1) is 22.0 Å². The molecule has 1 atom stereocenters. The van der Waals surface area contributed by atoms with E-state index in [-0.39, 0.29) is 17.2 Å². The molecule has 0 N–H and O–H groups in total. The molecule has 0 aliphatic carbocycles. The van der Waals surface area contributed by atoms with Crippen molar-refractivity contribution in [2.75, 3.05) is 50.3 Å². The van der Waals surface area contributed by atoms with Crippen molar-refractivity contribution in [1.29, 1.82) is 0 Å². The molecule has 3 aromatic carbocycles. The molecular formula is C31H35Cl2N3O3S. The lowest BCUT2D eigenvalue weighted by Crippen LogP contribution is -2.46. The number of nitrogens with zero attached hydrogens (tertiary/aromatic N) is 3. The van der Waals surface area contributed by atoms with Crippen molar-refractivity contribution in [2.45, 2.75) is 30.6 Å². The summed E-state index contributed by atoms with van der Waals surface area (Å²) >= 11 is 12.6. The first kappa shape index (κ1) is 28.9. The summed E-state index contributed by atoms with van der Waals surface area (Å²) in [4.78, 5) is 17.3. The number of rotatable bonds is 8. The summed E-state index contributed by atoms with van der Waals surface area (Å²) in [6.45, 7) is 3.71. The Morgan fingerprint density at radius 2 is 1.65 bits per heavy atom. The Balaban J connectivity index is 1.28. The first-order valence-corrected chi connectivity index (χ1v) is 16.2. The van der Waals surface area contributed by atoms with Crippen molar-refractivity contribution in [2.24, 2.45) is 0 Å². The zero-order chi connectivity index (χ0) is 28.5. The number of carbonyl (C=O) groups excluding carboxylic acids is 1. The molecule has 1 unspecified atom stereocenters. The van der Waals surface area contributed by atoms with Crippen LogP contribution in [0.25, 0.3) is 0 Å². The van der Waals surface area contributed by atoms with Gasteiger partial charge in [-0.2, -0.15) is 0 Å². The molecule has 9 heteroatoms. The minimum atomic E-state index is -3.33. The van der Waals surface area contributed by atoms with Crippen molar-refractivity contribution >= 4 is 44.8 Å². The quantitative estimate of drug-likeness (QED) is 0.316. The summed E-state index contributed by atoms with van der Waals surface area (Å²) in [6.07, 6.45) is 3.95. The molecular weight excluding hydrogens is 565 g/mol. The lowest BCUT2D eigenvalue weighted by molar-refractivity contribution is 0.0780. The molecule has 1 amide bonds. The lowest BCUT2D eigenvalue weighted by Gasteiger charge is -2.40. The smallest absolute Gasteiger partial charge is 0.253 e. The van der Waals surface area contributed by atoms with Crippen LogP contribution in [-0.4, -0.2) is 70.2 Å². The number of hydrogen-bond donors (Lipinski definition) is 0. The highest BCUT2D eigenvalue weighted by molar-refractivity contribution is 7.92. The molecule has 40 heavy (non-hydrogen) atoms. The lowest BCUT2D eigenvalue weighted by atomic mass is 9.74. The fraction of sp³-hybridized carbons (Fsp3) is 0.387. The minimum Gasteiger partial charge on any atom is -0.341 e. The number of sulfonamides is 1. The Morgan fingerprint density at radius 3 is 2.33 bits per heavy atom. The molecule has 0 bridgehead atoms. The summed E-state index contributed by atoms with van der Waals surface area (Å²) in [6, 6.07) is 23.0. The Morgan fingerprint density at radius 1 is 0.975 bits per heavy atom. The van der Waals surface area contributed by atoms with E-state index < -0.39 is 10.0 Å². The SMILES string of the molecule is CN(CC(CCN1CCC2(CC1)CN(S(C)(=O)=O)c1ccccc12)c1ccc(Cl)c(Cl)c1)C(=O)c1ccccc1. The molecule has 5 rings (SSSR count). The number of para-hydroxylation sites is 1. The molecule has 1 spiro atoms. The zero-order valence-corrected chi connectivity index (χ0v) is 25.2. The number of hydrogen-bond acceptors (Lipinski definition) is 4. The highest BCUT2D eigenvalue weighted by Gasteiger charge is 2.46. The predicted octanol–water partition coefficient (Wildman–Crippen LogP) is 6.05. The van der Waals surface area contributed by atoms with Gasteiger partial charge in [-0.05, 0) is 80.4 Å². The van der Waals surface area contributed by atoms with Gasteiger partial charge in [0.1, 0.15) is 0 Å². The molecule has 1 saturated heterocycles. The number of fused-ring (bicyclic) bond motifs is 2. The molecule has 0 saturated carbocycles. The van der Waals surface area contributed by atoms with E-state index in [1.807, 2.05) is 73.8 Å². The van der Waals surface area contributed by atoms with Crippen molar-refractivity contribution in [3.63, 3.8) is 0 Å². The number of carbonyl (C=O) groups is 1. The highest BCUT2D eigenvalue weighted by Crippen LogP contribution is 2.47. The summed E-state index contributed by atoms with van der Waals surface area (Å²) in [7, 11) is -1.49. The summed E-state index contributed by atoms with van der Waals surface area (Å²) in [5.74, 6) is 0.0668. The normalized spacial score (nSPS) is 17.6. The largest absolute Gasteiger partial charge is 0.341 e. The fourth-order valence-corrected chi connectivity index (χ4v) is 7.50. The average Bonchev–Trinajstić information content (AvgIpc) is 3.28. The van der Waals surface area contributed by atoms with Crippen LogP contribution in [0, 0.1) is 0 Å². The van der Waals surface area contributed by atoms with Crippen LogP contribution in [0.2, 0.25) is 10.0 Å². The maximum absolute atomic E-state index is 13.1. The van der Waals surface area contributed by atoms with Gasteiger partial charge in [-0.25, -0.2) is 8.42 Å². The Labute approximate surface area is 247 Å². The van der Waals surface area contributed by atoms with Gasteiger partial charge in [-0.3, -0.25) is 9.10 Å². The van der Waals surface area contributed by atoms with Crippen LogP contribution in [0.15, 0.2) is 72.8 Å². The Bertz CT molecular complexity index is 1470. The molecule has 212 valence electrons. The first-order valence-electron chi connectivity index (χ1n) is 13.6. The van der Waals surface area contributed by atoms with E-state index in [0.29, 0.717) is 28.7 Å². The van der Waals surface area contributed by atoms with Gasteiger partial charge < -0.3 is 9.80 Å². The van der Waals surface area contributed by atoms with Gasteiger partial charge in [0.15, 0.2) is 0 Å². The summed E-state index contributed by atoms with van der Waals surface area (Å²) in [5.41, 5.74) is 3.55. The maximum Gasteiger partial charge on any atom is 0.253 e. The topological polar surface area (TPSA) is 60.9 Å². The van der Waals surface area contributed by atoms with Crippen LogP contribution >= 0.6 is 23.2 Å². The molecule has 2 aliphatic rings. The number of benzene rings is 3. The van der Waals surface area contributed by atoms with Crippen molar-refractivity contribution in [3.8, 4) is 0 Å². The third-order valence-corrected chi connectivity index (χ3v) is 10.3. The number of piperidine rings is 1. The van der Waals surface area contributed by atoms with E-state index in [4.69, 9.17) is 23.2 Å². The first-order chi connectivity index (χ1) is 19.1. The van der Waals surface area contributed by atoms with Crippen molar-refractivity contribution < 1.29 is 13.2 Å². The monoisotopic (exact) mass is 599 g/mol. The van der Waals surface area contributed by atoms with E-state index >= 15 is 0 Å². The number of halogens is 2. The molecule has 2 heterocycles. The van der Waals surface area contributed by atoms with E-state index in [1.54, 1.807) is 9.21 Å². The molecule has 2 aliphatic heterocycles. The summed E-state index contributed by atoms with van der Waals surface area (Å²) in [5, 5.41) is 1.02. The molecule has 3 aromatic rings. The van der Waals surface area contributed by atoms with Crippen molar-refractivity contribution in [1.82, 2.24) is 9.80 Å². The number of amides is 1. The fourth-order valence-electron chi connectivity index (χ4n) is 6.20. The Kier molecular flexibility index (Phi) is 8.48. The van der Waals surface area contributed by atoms with E-state index in [0.717, 1.165) is 55.7 Å². The van der Waals surface area contributed by atoms with E-state index in [9.17, 15) is 13.2 Å². The van der Waals surface area contributed by atoms with Gasteiger partial charge in [-0.1, -0.05) is 65.7 Å². The third kappa shape index (κ3) is 6.03. The number of likely N-dealkylation sites (tertiary alicyclic amines) is 1. The van der Waals surface area contributed by atoms with E-state index in [1.165, 1.54) is 6.26 Å². The zero-order valence-electron chi connectivity index (χ0n) is 22.9. The van der Waals surface area contributed by atoms with Crippen LogP contribution in [0.3, 0.4) is 0 Å². The van der Waals surface area contributed by atoms with Crippen molar-refractivity contribution in [3.05, 3.63) is 99.5 Å². The van der Waals surface area contributed by atoms with Crippen LogP contribution in [0.4, 0.5) is 5.69 Å². The summed E-state index contributed by atoms with van der Waals surface area (Å²) < 4.78 is 26.7. The third-order valence-electron chi connectivity index (χ3n) is 8.47. The van der Waals surface area contributed by atoms with Gasteiger partial charge >= 0.3 is 0 Å². The van der Waals surface area contributed by atoms with Crippen LogP contribution in [-0.2, 0) is 15.4 Å². The van der Waals surface area contributed by atoms with Crippen LogP contribution in [0.5, 0.6) is 0 Å². The minimum absolute atomic E-state index is 0.0131. The standard InChI is InChI=1S/C31H35Cl2N3O3S/c1-34(30(37)23-8-4-3-5-9-23)21-25(24-12-13-27(32)28(33)20-24)14-17-35-18-15-31(16-19-35)22-36(40(2,38)39)29-11-7-6-10-26(29)31/h3-13,20,25H,14-19,21-22H2,1-2H3. The van der Waals surface area contributed by atoms with Gasteiger partial charge in [0.25, 0.3) is 5.91 Å². The van der Waals surface area contributed by atoms with E-state index in [2.05, 4.69) is 11.0 Å². The molecule has 1 fully saturated rings. The van der Waals surface area contributed by atoms with Gasteiger partial charge in [0, 0.05) is 37.0 Å². The second-order valence-electron chi connectivity index (χ2n) is 11.1. The predicted molar refractivity (Wildman–Crippen MR) is 163 cm³/mol. The number of likely N-dealkylation sites (N-methyl/N-ethyl adjacent to an activating group) is 1. The second-order valence-corrected chi connectivity index (χ2v) is 13.8. The molecule has 0 aromatic heterocycles. The van der Waals surface area contributed by atoms with Gasteiger partial charge in [0.2, 0.25) is 10.0 Å². The Hall–Kier alpha value is -2.58. The second kappa shape index (κ2) is 11.7. The number of anilines is 1. The van der Waals surface area contributed by atoms with Crippen LogP contribution < -0.4 is 4.31 Å². The highest BCUT2D eigenvalue weighted by atomic mass is 35.5. The maximum atomic E-state index is 13.1.